The standard InChI is InChI=1S/C13H11BO5S.C12H8BNO4S.C6H7NS/c1-8-2-4-10(5-3-8)20-13(17)14-9(6-11(15)18-14)7-12(16)19-14;15-10-5-7-6-11(16)18-13(7,17-10)12-14-8-3-1-2-4-9(8)19-12;7-5-3-1-2-4-6(5)8/h2-5H,6-7H2,1H3;1-4H,5-6H2;1-4,8H,7H2. The minimum absolute atomic E-state index is 0.00800. The largest absolute Gasteiger partial charge is 0.633 e. The number of hydrogen-bond donors (Lipinski definition) is 2. The van der Waals surface area contributed by atoms with Gasteiger partial charge in [-0.1, -0.05) is 53.7 Å². The van der Waals surface area contributed by atoms with Crippen molar-refractivity contribution in [3.63, 3.8) is 0 Å². The molecule has 0 unspecified atom stereocenters. The Kier molecular flexibility index (Phi) is 8.92. The second-order valence-electron chi connectivity index (χ2n) is 11.2. The van der Waals surface area contributed by atoms with Crippen molar-refractivity contribution >= 4 is 98.5 Å². The number of carbonyl (C=O) groups is 5. The lowest BCUT2D eigenvalue weighted by Gasteiger charge is -2.22. The van der Waals surface area contributed by atoms with Crippen molar-refractivity contribution in [1.82, 2.24) is 4.98 Å². The van der Waals surface area contributed by atoms with Crippen molar-refractivity contribution < 1.29 is 42.6 Å². The molecule has 0 amide bonds. The molecule has 47 heavy (non-hydrogen) atoms. The molecule has 4 aromatic rings. The number of para-hydroxylation sites is 2. The third-order valence-corrected chi connectivity index (χ3v) is 10.5. The van der Waals surface area contributed by atoms with Gasteiger partial charge < -0.3 is 29.1 Å². The summed E-state index contributed by atoms with van der Waals surface area (Å²) in [6.45, 7) is -2.74. The summed E-state index contributed by atoms with van der Waals surface area (Å²) in [4.78, 5) is 64.8. The minimum Gasteiger partial charge on any atom is -0.608 e. The molecular weight excluding hydrogens is 662 g/mol. The summed E-state index contributed by atoms with van der Waals surface area (Å²) in [6.07, 6.45) is 0.293. The highest BCUT2D eigenvalue weighted by Gasteiger charge is 2.70. The Morgan fingerprint density at radius 3 is 1.94 bits per heavy atom. The number of fused-ring (bicyclic) bond motifs is 3. The fourth-order valence-corrected chi connectivity index (χ4v) is 7.81. The maximum atomic E-state index is 12.4. The minimum atomic E-state index is -2.56. The van der Waals surface area contributed by atoms with E-state index in [0.717, 1.165) is 43.0 Å². The number of nitrogens with two attached hydrogens (primary N) is 1. The first kappa shape index (κ1) is 32.4. The Balaban J connectivity index is 0.000000134. The molecular formula is C31H26B2N2O9S3. The Bertz CT molecular complexity index is 1810. The number of benzene rings is 3. The number of carbonyl (C=O) groups excluding carboxylic acids is 5. The highest BCUT2D eigenvalue weighted by atomic mass is 32.2. The first-order chi connectivity index (χ1) is 22.5. The predicted octanol–water partition coefficient (Wildman–Crippen LogP) is 4.75. The quantitative estimate of drug-likeness (QED) is 0.100. The second-order valence-corrected chi connectivity index (χ2v) is 13.8. The van der Waals surface area contributed by atoms with Crippen LogP contribution in [0.3, 0.4) is 0 Å². The van der Waals surface area contributed by atoms with Crippen LogP contribution >= 0.6 is 35.7 Å². The molecule has 0 atom stereocenters. The second kappa shape index (κ2) is 12.9. The molecule has 0 aliphatic carbocycles. The summed E-state index contributed by atoms with van der Waals surface area (Å²) in [5.74, 6) is -0.530. The Hall–Kier alpha value is -4.53. The maximum Gasteiger partial charge on any atom is 0.633 e. The van der Waals surface area contributed by atoms with Crippen LogP contribution < -0.4 is 10.6 Å². The lowest BCUT2D eigenvalue weighted by Crippen LogP contribution is -2.52. The molecule has 8 rings (SSSR count). The highest BCUT2D eigenvalue weighted by Crippen LogP contribution is 2.44. The highest BCUT2D eigenvalue weighted by molar-refractivity contribution is 8.17. The molecule has 4 saturated heterocycles. The van der Waals surface area contributed by atoms with E-state index in [2.05, 4.69) is 17.6 Å². The van der Waals surface area contributed by atoms with Crippen LogP contribution in [-0.4, -0.2) is 47.0 Å². The topological polar surface area (TPSA) is 161 Å². The normalized spacial score (nSPS) is 18.2. The smallest absolute Gasteiger partial charge is 0.608 e. The van der Waals surface area contributed by atoms with Gasteiger partial charge in [-0.3, -0.25) is 24.2 Å². The zero-order chi connectivity index (χ0) is 33.3. The van der Waals surface area contributed by atoms with Crippen LogP contribution in [0.25, 0.3) is 10.2 Å². The SMILES string of the molecule is Cc1ccc(SC(=O)[B-]23OC(=O)C[C+]2CC(=O)O3)cc1.Nc1ccccc1S.O=C1C[C+]2CC(=O)O[B-]2(c2nc3ccccc3s2)O1. The molecule has 0 spiro atoms. The summed E-state index contributed by atoms with van der Waals surface area (Å²) in [5, 5.41) is -0.430. The number of aromatic nitrogens is 1. The molecule has 4 aliphatic heterocycles. The van der Waals surface area contributed by atoms with Gasteiger partial charge in [0.2, 0.25) is 0 Å². The summed E-state index contributed by atoms with van der Waals surface area (Å²) in [7, 11) is 0. The average molecular weight is 688 g/mol. The van der Waals surface area contributed by atoms with Gasteiger partial charge in [-0.15, -0.1) is 24.0 Å². The van der Waals surface area contributed by atoms with Gasteiger partial charge in [-0.2, -0.15) is 0 Å². The van der Waals surface area contributed by atoms with Crippen LogP contribution in [0, 0.1) is 18.6 Å². The third kappa shape index (κ3) is 6.53. The lowest BCUT2D eigenvalue weighted by atomic mass is 9.49. The molecule has 5 heterocycles. The average Bonchev–Trinajstić information content (AvgIpc) is 3.81. The number of aryl methyl sites for hydroxylation is 1. The summed E-state index contributed by atoms with van der Waals surface area (Å²) >= 11 is 6.41. The van der Waals surface area contributed by atoms with Crippen molar-refractivity contribution in [3.8, 4) is 0 Å². The van der Waals surface area contributed by atoms with Crippen molar-refractivity contribution in [1.29, 1.82) is 0 Å². The van der Waals surface area contributed by atoms with Gasteiger partial charge in [0.25, 0.3) is 0 Å². The molecule has 0 bridgehead atoms. The Labute approximate surface area is 283 Å². The number of thioether (sulfide) groups is 1. The maximum absolute atomic E-state index is 12.4. The van der Waals surface area contributed by atoms with E-state index in [1.165, 1.54) is 11.3 Å². The van der Waals surface area contributed by atoms with Gasteiger partial charge in [0, 0.05) is 27.1 Å². The van der Waals surface area contributed by atoms with E-state index in [9.17, 15) is 24.0 Å². The zero-order valence-corrected chi connectivity index (χ0v) is 27.4. The predicted molar refractivity (Wildman–Crippen MR) is 181 cm³/mol. The third-order valence-electron chi connectivity index (χ3n) is 7.87. The Morgan fingerprint density at radius 1 is 0.809 bits per heavy atom. The number of thiazole rings is 1. The Morgan fingerprint density at radius 2 is 1.36 bits per heavy atom. The molecule has 11 nitrogen and oxygen atoms in total. The fourth-order valence-electron chi connectivity index (χ4n) is 5.57. The number of nitrogen functional groups attached to an aromatic ring is 1. The molecule has 3 aromatic carbocycles. The molecule has 0 radical (unpaired) electrons. The van der Waals surface area contributed by atoms with Crippen LogP contribution in [-0.2, 0) is 37.8 Å². The van der Waals surface area contributed by atoms with Crippen molar-refractivity contribution in [2.45, 2.75) is 42.4 Å². The van der Waals surface area contributed by atoms with Crippen LogP contribution in [0.5, 0.6) is 0 Å². The van der Waals surface area contributed by atoms with Crippen LogP contribution in [0.4, 0.5) is 10.5 Å². The molecule has 2 N–H and O–H groups in total. The van der Waals surface area contributed by atoms with Crippen LogP contribution in [0.2, 0.25) is 0 Å². The molecule has 16 heteroatoms. The fraction of sp³-hybridized carbons (Fsp3) is 0.161. The van der Waals surface area contributed by atoms with Gasteiger partial charge in [-0.05, 0) is 43.3 Å². The molecule has 238 valence electrons. The van der Waals surface area contributed by atoms with E-state index < -0.39 is 30.1 Å². The first-order valence-corrected chi connectivity index (χ1v) is 16.6. The van der Waals surface area contributed by atoms with E-state index in [0.29, 0.717) is 16.5 Å². The zero-order valence-electron chi connectivity index (χ0n) is 24.9. The number of anilines is 1. The van der Waals surface area contributed by atoms with E-state index in [1.807, 2.05) is 67.6 Å². The lowest BCUT2D eigenvalue weighted by molar-refractivity contribution is -0.140. The van der Waals surface area contributed by atoms with Crippen LogP contribution in [0.1, 0.15) is 31.2 Å². The van der Waals surface area contributed by atoms with Gasteiger partial charge in [0.15, 0.2) is 5.01 Å². The van der Waals surface area contributed by atoms with Gasteiger partial charge in [0.05, 0.1) is 15.1 Å². The summed E-state index contributed by atoms with van der Waals surface area (Å²) in [5.41, 5.74) is 8.08. The van der Waals surface area contributed by atoms with E-state index in [1.54, 1.807) is 12.1 Å². The van der Waals surface area contributed by atoms with Crippen LogP contribution in [0.15, 0.2) is 82.6 Å². The van der Waals surface area contributed by atoms with E-state index in [-0.39, 0.29) is 37.6 Å². The van der Waals surface area contributed by atoms with Crippen molar-refractivity contribution in [2.24, 2.45) is 0 Å². The van der Waals surface area contributed by atoms with Gasteiger partial charge in [0.1, 0.15) is 25.7 Å². The monoisotopic (exact) mass is 688 g/mol. The summed E-state index contributed by atoms with van der Waals surface area (Å²) in [6, 6.07) is 22.5. The van der Waals surface area contributed by atoms with E-state index >= 15 is 0 Å². The van der Waals surface area contributed by atoms with Gasteiger partial charge in [-0.25, -0.2) is 0 Å². The first-order valence-electron chi connectivity index (χ1n) is 14.5. The molecule has 1 aromatic heterocycles. The molecule has 0 saturated carbocycles. The molecule has 4 aliphatic rings. The number of rotatable bonds is 3. The summed E-state index contributed by atoms with van der Waals surface area (Å²) < 4.78 is 21.8. The number of thiol groups is 1. The van der Waals surface area contributed by atoms with E-state index in [4.69, 9.17) is 24.4 Å². The number of hydrogen-bond acceptors (Lipinski definition) is 14. The van der Waals surface area contributed by atoms with Crippen molar-refractivity contribution in [2.75, 3.05) is 5.73 Å². The molecule has 4 fully saturated rings. The number of nitrogens with zero attached hydrogens (tertiary/aromatic N) is 1. The van der Waals surface area contributed by atoms with Gasteiger partial charge >= 0.3 is 37.0 Å². The van der Waals surface area contributed by atoms with Crippen molar-refractivity contribution in [3.05, 3.63) is 90.0 Å².